The normalized spacial score (nSPS) is 12.9. The Balaban J connectivity index is 4.36. The quantitative estimate of drug-likeness (QED) is 0.0345. The second kappa shape index (κ2) is 60.1. The van der Waals surface area contributed by atoms with Gasteiger partial charge in [0.1, 0.15) is 6.61 Å². The van der Waals surface area contributed by atoms with Crippen molar-refractivity contribution < 1.29 is 23.8 Å². The number of rotatable bonds is 54. The van der Waals surface area contributed by atoms with Gasteiger partial charge in [0, 0.05) is 19.4 Å². The maximum Gasteiger partial charge on any atom is 0.306 e. The Hall–Kier alpha value is -3.18. The molecule has 0 saturated heterocycles. The topological polar surface area (TPSA) is 61.8 Å². The molecule has 0 aliphatic heterocycles. The van der Waals surface area contributed by atoms with E-state index in [1.807, 2.05) is 0 Å². The van der Waals surface area contributed by atoms with E-state index in [0.29, 0.717) is 19.4 Å². The molecule has 1 unspecified atom stereocenters. The van der Waals surface area contributed by atoms with Gasteiger partial charge in [0.25, 0.3) is 0 Å². The summed E-state index contributed by atoms with van der Waals surface area (Å²) in [7, 11) is 0. The van der Waals surface area contributed by atoms with Crippen LogP contribution in [0.2, 0.25) is 0 Å². The van der Waals surface area contributed by atoms with Crippen LogP contribution in [-0.2, 0) is 23.8 Å². The van der Waals surface area contributed by atoms with Crippen LogP contribution in [0.25, 0.3) is 0 Å². The van der Waals surface area contributed by atoms with Crippen molar-refractivity contribution >= 4 is 11.9 Å². The van der Waals surface area contributed by atoms with Gasteiger partial charge in [-0.15, -0.1) is 0 Å². The van der Waals surface area contributed by atoms with Crippen molar-refractivity contribution in [1.82, 2.24) is 0 Å². The molecule has 0 aliphatic rings. The Kier molecular flexibility index (Phi) is 57.4. The first-order chi connectivity index (χ1) is 34.6. The number of esters is 2. The van der Waals surface area contributed by atoms with Gasteiger partial charge in [-0.25, -0.2) is 0 Å². The lowest BCUT2D eigenvalue weighted by molar-refractivity contribution is -0.163. The molecule has 70 heavy (non-hydrogen) atoms. The molecule has 402 valence electrons. The molecule has 5 heteroatoms. The molecular weight excluding hydrogens is 861 g/mol. The van der Waals surface area contributed by atoms with Crippen molar-refractivity contribution in [2.24, 2.45) is 0 Å². The third kappa shape index (κ3) is 57.4. The first kappa shape index (κ1) is 66.8. The zero-order valence-corrected chi connectivity index (χ0v) is 46.3. The van der Waals surface area contributed by atoms with E-state index < -0.39 is 6.10 Å². The largest absolute Gasteiger partial charge is 0.462 e. The summed E-state index contributed by atoms with van der Waals surface area (Å²) >= 11 is 0. The van der Waals surface area contributed by atoms with Gasteiger partial charge in [-0.05, 0) is 122 Å². The summed E-state index contributed by atoms with van der Waals surface area (Å²) in [5.41, 5.74) is 0. The van der Waals surface area contributed by atoms with Gasteiger partial charge < -0.3 is 14.2 Å². The molecule has 0 aromatic heterocycles. The maximum absolute atomic E-state index is 12.9. The Morgan fingerprint density at radius 2 is 0.643 bits per heavy atom. The van der Waals surface area contributed by atoms with Gasteiger partial charge in [0.15, 0.2) is 6.10 Å². The monoisotopic (exact) mass is 973 g/mol. The minimum absolute atomic E-state index is 0.0603. The Morgan fingerprint density at radius 3 is 1.09 bits per heavy atom. The van der Waals surface area contributed by atoms with Crippen molar-refractivity contribution in [2.45, 2.75) is 284 Å². The van der Waals surface area contributed by atoms with Crippen LogP contribution in [0.1, 0.15) is 278 Å². The van der Waals surface area contributed by atoms with Crippen LogP contribution in [0.15, 0.2) is 97.2 Å². The lowest BCUT2D eigenvalue weighted by Gasteiger charge is -2.18. The fourth-order valence-corrected chi connectivity index (χ4v) is 8.15. The molecule has 0 aromatic rings. The number of carbonyl (C=O) groups is 2. The summed E-state index contributed by atoms with van der Waals surface area (Å²) in [6.45, 7) is 7.65. The fraction of sp³-hybridized carbons (Fsp3) is 0.723. The third-order valence-electron chi connectivity index (χ3n) is 12.6. The summed E-state index contributed by atoms with van der Waals surface area (Å²) in [4.78, 5) is 25.6. The van der Waals surface area contributed by atoms with E-state index in [4.69, 9.17) is 14.2 Å². The molecule has 0 amide bonds. The average molecular weight is 974 g/mol. The molecule has 5 nitrogen and oxygen atoms in total. The highest BCUT2D eigenvalue weighted by Gasteiger charge is 2.17. The van der Waals surface area contributed by atoms with Crippen LogP contribution in [0.5, 0.6) is 0 Å². The van der Waals surface area contributed by atoms with Gasteiger partial charge in [0.2, 0.25) is 0 Å². The molecule has 0 bridgehead atoms. The molecule has 0 heterocycles. The van der Waals surface area contributed by atoms with Crippen LogP contribution in [0.4, 0.5) is 0 Å². The highest BCUT2D eigenvalue weighted by molar-refractivity contribution is 5.70. The fourth-order valence-electron chi connectivity index (χ4n) is 8.15. The van der Waals surface area contributed by atoms with Crippen LogP contribution < -0.4 is 0 Å². The van der Waals surface area contributed by atoms with Gasteiger partial charge in [-0.1, -0.05) is 240 Å². The van der Waals surface area contributed by atoms with E-state index in [0.717, 1.165) is 96.3 Å². The molecule has 0 radical (unpaired) electrons. The number of ether oxygens (including phenoxy) is 3. The number of hydrogen-bond donors (Lipinski definition) is 0. The van der Waals surface area contributed by atoms with Gasteiger partial charge in [-0.3, -0.25) is 9.59 Å². The van der Waals surface area contributed by atoms with Gasteiger partial charge in [0.05, 0.1) is 6.61 Å². The first-order valence-electron chi connectivity index (χ1n) is 29.8. The van der Waals surface area contributed by atoms with Crippen molar-refractivity contribution in [1.29, 1.82) is 0 Å². The summed E-state index contributed by atoms with van der Waals surface area (Å²) in [5.74, 6) is -0.439. The maximum atomic E-state index is 12.9. The zero-order chi connectivity index (χ0) is 50.6. The summed E-state index contributed by atoms with van der Waals surface area (Å²) in [6.07, 6.45) is 81.4. The molecule has 0 aromatic carbocycles. The predicted octanol–water partition coefficient (Wildman–Crippen LogP) is 20.6. The number of allylic oxidation sites excluding steroid dienone is 16. The number of unbranched alkanes of at least 4 members (excludes halogenated alkanes) is 27. The SMILES string of the molecule is CC/C=C\C/C=C\C/C=C\C/C=C\C/C=C\CCCCCC(=O)OCC(COCCCCCCCCCC/C=C\C/C=C\CCCCC)OC(=O)CCCCCCCCC/C=C\CCCCCCCC. The third-order valence-corrected chi connectivity index (χ3v) is 12.6. The molecule has 0 N–H and O–H groups in total. The van der Waals surface area contributed by atoms with Gasteiger partial charge in [-0.2, -0.15) is 0 Å². The summed E-state index contributed by atoms with van der Waals surface area (Å²) in [6, 6.07) is 0. The van der Waals surface area contributed by atoms with E-state index in [2.05, 4.69) is 118 Å². The molecule has 0 spiro atoms. The minimum atomic E-state index is -0.562. The van der Waals surface area contributed by atoms with Crippen molar-refractivity contribution in [3.63, 3.8) is 0 Å². The minimum Gasteiger partial charge on any atom is -0.462 e. The van der Waals surface area contributed by atoms with E-state index in [-0.39, 0.29) is 25.2 Å². The molecular formula is C65H112O5. The summed E-state index contributed by atoms with van der Waals surface area (Å²) in [5, 5.41) is 0. The van der Waals surface area contributed by atoms with Crippen molar-refractivity contribution in [2.75, 3.05) is 19.8 Å². The lowest BCUT2D eigenvalue weighted by atomic mass is 10.1. The summed E-state index contributed by atoms with van der Waals surface area (Å²) < 4.78 is 17.5. The average Bonchev–Trinajstić information content (AvgIpc) is 3.36. The van der Waals surface area contributed by atoms with Crippen LogP contribution in [0.3, 0.4) is 0 Å². The Labute approximate surface area is 434 Å². The second-order valence-electron chi connectivity index (χ2n) is 19.5. The molecule has 0 saturated carbocycles. The Morgan fingerprint density at radius 1 is 0.329 bits per heavy atom. The van der Waals surface area contributed by atoms with Crippen molar-refractivity contribution in [3.8, 4) is 0 Å². The van der Waals surface area contributed by atoms with Crippen molar-refractivity contribution in [3.05, 3.63) is 97.2 Å². The Bertz CT molecular complexity index is 1330. The molecule has 1 atom stereocenters. The van der Waals surface area contributed by atoms with E-state index in [1.165, 1.54) is 148 Å². The molecule has 0 aliphatic carbocycles. The lowest BCUT2D eigenvalue weighted by Crippen LogP contribution is -2.30. The predicted molar refractivity (Wildman–Crippen MR) is 306 cm³/mol. The van der Waals surface area contributed by atoms with Crippen LogP contribution >= 0.6 is 0 Å². The number of carbonyl (C=O) groups excluding carboxylic acids is 2. The standard InChI is InChI=1S/C65H112O5/c1-4-7-10-13-16-19-22-25-28-31-33-35-37-40-43-46-49-52-55-58-64(66)69-62-63(61-68-60-57-54-51-48-45-42-39-36-32-29-26-23-20-17-14-11-8-5-2)70-65(67)59-56-53-50-47-44-41-38-34-30-27-24-21-18-15-12-9-6-3/h7,10,16-17,19-20,25-30,33,35,40,43,63H,4-6,8-9,11-15,18,21-24,31-32,34,36-39,41-42,44-62H2,1-3H3/b10-7-,19-16-,20-17-,28-25-,29-26-,30-27-,35-33-,43-40-. The molecule has 0 fully saturated rings. The van der Waals surface area contributed by atoms with Gasteiger partial charge >= 0.3 is 11.9 Å². The second-order valence-corrected chi connectivity index (χ2v) is 19.5. The van der Waals surface area contributed by atoms with E-state index >= 15 is 0 Å². The number of hydrogen-bond acceptors (Lipinski definition) is 5. The highest BCUT2D eigenvalue weighted by atomic mass is 16.6. The molecule has 0 rings (SSSR count). The highest BCUT2D eigenvalue weighted by Crippen LogP contribution is 2.14. The first-order valence-corrected chi connectivity index (χ1v) is 29.8. The van der Waals surface area contributed by atoms with E-state index in [1.54, 1.807) is 0 Å². The zero-order valence-electron chi connectivity index (χ0n) is 46.3. The van der Waals surface area contributed by atoms with Crippen LogP contribution in [0, 0.1) is 0 Å². The smallest absolute Gasteiger partial charge is 0.306 e. The van der Waals surface area contributed by atoms with E-state index in [9.17, 15) is 9.59 Å². The van der Waals surface area contributed by atoms with Crippen LogP contribution in [-0.4, -0.2) is 37.9 Å².